The van der Waals surface area contributed by atoms with Crippen LogP contribution in [0.4, 0.5) is 0 Å². The topological polar surface area (TPSA) is 75.3 Å². The van der Waals surface area contributed by atoms with Crippen LogP contribution in [-0.4, -0.2) is 46.7 Å². The molecule has 0 spiro atoms. The van der Waals surface area contributed by atoms with Gasteiger partial charge < -0.3 is 9.64 Å². The van der Waals surface area contributed by atoms with Gasteiger partial charge in [-0.3, -0.25) is 9.89 Å². The van der Waals surface area contributed by atoms with E-state index < -0.39 is 6.04 Å². The minimum Gasteiger partial charge on any atom is -0.467 e. The van der Waals surface area contributed by atoms with Gasteiger partial charge in [-0.15, -0.1) is 0 Å². The molecule has 1 aliphatic rings. The van der Waals surface area contributed by atoms with E-state index in [1.807, 2.05) is 0 Å². The van der Waals surface area contributed by atoms with E-state index in [1.54, 1.807) is 11.0 Å². The number of H-pyrrole nitrogens is 1. The average Bonchev–Trinajstić information content (AvgIpc) is 2.91. The molecule has 1 atom stereocenters. The molecular formula is C11H15N3O3. The summed E-state index contributed by atoms with van der Waals surface area (Å²) in [7, 11) is 1.34. The van der Waals surface area contributed by atoms with Crippen LogP contribution in [0, 0.1) is 0 Å². The first-order valence-electron chi connectivity index (χ1n) is 5.62. The van der Waals surface area contributed by atoms with Crippen molar-refractivity contribution in [1.82, 2.24) is 15.1 Å². The molecule has 1 saturated heterocycles. The molecule has 1 aromatic heterocycles. The van der Waals surface area contributed by atoms with E-state index >= 15 is 0 Å². The number of ether oxygens (including phenoxy) is 1. The fourth-order valence-electron chi connectivity index (χ4n) is 2.09. The number of nitrogens with zero attached hydrogens (tertiary/aromatic N) is 2. The number of hydrogen-bond acceptors (Lipinski definition) is 4. The molecule has 17 heavy (non-hydrogen) atoms. The molecule has 6 nitrogen and oxygen atoms in total. The zero-order chi connectivity index (χ0) is 12.3. The first kappa shape index (κ1) is 11.6. The van der Waals surface area contributed by atoms with Crippen molar-refractivity contribution in [3.8, 4) is 0 Å². The number of carbonyl (C=O) groups excluding carboxylic acids is 2. The molecule has 0 unspecified atom stereocenters. The lowest BCUT2D eigenvalue weighted by Crippen LogP contribution is -2.48. The van der Waals surface area contributed by atoms with Crippen LogP contribution < -0.4 is 0 Å². The van der Waals surface area contributed by atoms with Gasteiger partial charge in [0.1, 0.15) is 11.7 Å². The number of methoxy groups -OCH3 is 1. The molecule has 92 valence electrons. The summed E-state index contributed by atoms with van der Waals surface area (Å²) in [6.45, 7) is 0.581. The van der Waals surface area contributed by atoms with Gasteiger partial charge in [-0.2, -0.15) is 5.10 Å². The molecule has 0 saturated carbocycles. The zero-order valence-electron chi connectivity index (χ0n) is 9.68. The maximum absolute atomic E-state index is 12.1. The van der Waals surface area contributed by atoms with Crippen LogP contribution in [0.15, 0.2) is 12.3 Å². The molecule has 1 fully saturated rings. The average molecular weight is 237 g/mol. The molecule has 1 N–H and O–H groups in total. The van der Waals surface area contributed by atoms with Crippen LogP contribution in [0.3, 0.4) is 0 Å². The predicted molar refractivity (Wildman–Crippen MR) is 59.3 cm³/mol. The third-order valence-corrected chi connectivity index (χ3v) is 2.97. The molecule has 1 amide bonds. The fourth-order valence-corrected chi connectivity index (χ4v) is 2.09. The highest BCUT2D eigenvalue weighted by Gasteiger charge is 2.33. The number of rotatable bonds is 2. The Labute approximate surface area is 98.9 Å². The normalized spacial score (nSPS) is 20.1. The number of nitrogens with one attached hydrogen (secondary N) is 1. The van der Waals surface area contributed by atoms with E-state index in [9.17, 15) is 9.59 Å². The van der Waals surface area contributed by atoms with E-state index in [0.717, 1.165) is 12.8 Å². The lowest BCUT2D eigenvalue weighted by molar-refractivity contribution is -0.147. The second-order valence-electron chi connectivity index (χ2n) is 4.00. The maximum Gasteiger partial charge on any atom is 0.328 e. The highest BCUT2D eigenvalue weighted by molar-refractivity contribution is 5.95. The van der Waals surface area contributed by atoms with E-state index in [2.05, 4.69) is 10.2 Å². The molecule has 0 bridgehead atoms. The number of amides is 1. The van der Waals surface area contributed by atoms with E-state index in [1.165, 1.54) is 13.3 Å². The first-order valence-corrected chi connectivity index (χ1v) is 5.62. The number of esters is 1. The minimum absolute atomic E-state index is 0.197. The van der Waals surface area contributed by atoms with Crippen molar-refractivity contribution in [2.75, 3.05) is 13.7 Å². The first-order chi connectivity index (χ1) is 8.24. The summed E-state index contributed by atoms with van der Waals surface area (Å²) in [5.74, 6) is -0.546. The summed E-state index contributed by atoms with van der Waals surface area (Å²) in [5.41, 5.74) is 0.404. The van der Waals surface area contributed by atoms with Gasteiger partial charge in [-0.1, -0.05) is 0 Å². The maximum atomic E-state index is 12.1. The van der Waals surface area contributed by atoms with Crippen molar-refractivity contribution in [2.45, 2.75) is 25.3 Å². The molecule has 6 heteroatoms. The summed E-state index contributed by atoms with van der Waals surface area (Å²) in [6, 6.07) is 1.13. The molecule has 2 heterocycles. The Morgan fingerprint density at radius 1 is 1.53 bits per heavy atom. The van der Waals surface area contributed by atoms with Crippen molar-refractivity contribution in [3.05, 3.63) is 18.0 Å². The summed E-state index contributed by atoms with van der Waals surface area (Å²) in [5, 5.41) is 6.36. The molecule has 2 rings (SSSR count). The van der Waals surface area contributed by atoms with Crippen molar-refractivity contribution in [2.24, 2.45) is 0 Å². The third-order valence-electron chi connectivity index (χ3n) is 2.97. The van der Waals surface area contributed by atoms with Crippen LogP contribution in [0.25, 0.3) is 0 Å². The number of hydrogen-bond donors (Lipinski definition) is 1. The Hall–Kier alpha value is -1.85. The summed E-state index contributed by atoms with van der Waals surface area (Å²) >= 11 is 0. The lowest BCUT2D eigenvalue weighted by atomic mass is 10.0. The number of likely N-dealkylation sites (tertiary alicyclic amines) is 1. The van der Waals surface area contributed by atoms with Gasteiger partial charge in [-0.05, 0) is 25.3 Å². The van der Waals surface area contributed by atoms with Crippen molar-refractivity contribution in [3.63, 3.8) is 0 Å². The smallest absolute Gasteiger partial charge is 0.328 e. The zero-order valence-corrected chi connectivity index (χ0v) is 9.68. The monoisotopic (exact) mass is 237 g/mol. The van der Waals surface area contributed by atoms with E-state index in [-0.39, 0.29) is 11.9 Å². The standard InChI is InChI=1S/C11H15N3O3/c1-17-11(16)9-4-2-3-7-14(9)10(15)8-5-6-12-13-8/h5-6,9H,2-4,7H2,1H3,(H,12,13)/t9-/m1/s1. The van der Waals surface area contributed by atoms with E-state index in [0.29, 0.717) is 18.7 Å². The molecule has 0 radical (unpaired) electrons. The van der Waals surface area contributed by atoms with E-state index in [4.69, 9.17) is 4.74 Å². The number of aromatic amines is 1. The fraction of sp³-hybridized carbons (Fsp3) is 0.545. The van der Waals surface area contributed by atoms with Crippen LogP contribution in [0.2, 0.25) is 0 Å². The van der Waals surface area contributed by atoms with Gasteiger partial charge in [0.25, 0.3) is 5.91 Å². The molecule has 0 aromatic carbocycles. The summed E-state index contributed by atoms with van der Waals surface area (Å²) < 4.78 is 4.73. The van der Waals surface area contributed by atoms with Crippen LogP contribution in [-0.2, 0) is 9.53 Å². The Balaban J connectivity index is 2.16. The van der Waals surface area contributed by atoms with Gasteiger partial charge in [0.2, 0.25) is 0 Å². The summed E-state index contributed by atoms with van der Waals surface area (Å²) in [6.07, 6.45) is 4.02. The Kier molecular flexibility index (Phi) is 3.41. The second-order valence-corrected chi connectivity index (χ2v) is 4.00. The van der Waals surface area contributed by atoms with Crippen LogP contribution in [0.1, 0.15) is 29.8 Å². The molecular weight excluding hydrogens is 222 g/mol. The Bertz CT molecular complexity index is 402. The van der Waals surface area contributed by atoms with Crippen molar-refractivity contribution < 1.29 is 14.3 Å². The molecule has 1 aromatic rings. The Morgan fingerprint density at radius 3 is 3.00 bits per heavy atom. The number of piperidine rings is 1. The van der Waals surface area contributed by atoms with Gasteiger partial charge in [0, 0.05) is 12.7 Å². The predicted octanol–water partition coefficient (Wildman–Crippen LogP) is 0.577. The second kappa shape index (κ2) is 4.99. The van der Waals surface area contributed by atoms with Gasteiger partial charge in [0.15, 0.2) is 0 Å². The number of aromatic nitrogens is 2. The molecule has 0 aliphatic carbocycles. The highest BCUT2D eigenvalue weighted by atomic mass is 16.5. The van der Waals surface area contributed by atoms with Gasteiger partial charge >= 0.3 is 5.97 Å². The van der Waals surface area contributed by atoms with Crippen LogP contribution in [0.5, 0.6) is 0 Å². The Morgan fingerprint density at radius 2 is 2.35 bits per heavy atom. The van der Waals surface area contributed by atoms with Gasteiger partial charge in [-0.25, -0.2) is 4.79 Å². The van der Waals surface area contributed by atoms with Crippen molar-refractivity contribution in [1.29, 1.82) is 0 Å². The molecule has 1 aliphatic heterocycles. The third kappa shape index (κ3) is 2.30. The summed E-state index contributed by atoms with van der Waals surface area (Å²) in [4.78, 5) is 25.3. The number of carbonyl (C=O) groups is 2. The highest BCUT2D eigenvalue weighted by Crippen LogP contribution is 2.19. The largest absolute Gasteiger partial charge is 0.467 e. The van der Waals surface area contributed by atoms with Crippen LogP contribution >= 0.6 is 0 Å². The van der Waals surface area contributed by atoms with Gasteiger partial charge in [0.05, 0.1) is 7.11 Å². The SMILES string of the molecule is COC(=O)[C@H]1CCCCN1C(=O)c1ccn[nH]1. The van der Waals surface area contributed by atoms with Crippen molar-refractivity contribution >= 4 is 11.9 Å². The minimum atomic E-state index is -0.468. The quantitative estimate of drug-likeness (QED) is 0.763. The lowest BCUT2D eigenvalue weighted by Gasteiger charge is -2.33.